The summed E-state index contributed by atoms with van der Waals surface area (Å²) in [7, 11) is 0. The smallest absolute Gasteiger partial charge is 0.165 e. The highest BCUT2D eigenvalue weighted by Gasteiger charge is 2.49. The van der Waals surface area contributed by atoms with Crippen LogP contribution in [0.3, 0.4) is 0 Å². The average Bonchev–Trinajstić information content (AvgIpc) is 3.19. The zero-order chi connectivity index (χ0) is 30.8. The highest BCUT2D eigenvalue weighted by atomic mass is 16.6. The van der Waals surface area contributed by atoms with Crippen LogP contribution in [0, 0.1) is 29.1 Å². The van der Waals surface area contributed by atoms with Crippen LogP contribution in [0.5, 0.6) is 11.5 Å². The molecular formula is C42H37NO2. The summed E-state index contributed by atoms with van der Waals surface area (Å²) in [5.74, 6) is 8.67. The Hall–Kier alpha value is -4.94. The summed E-state index contributed by atoms with van der Waals surface area (Å²) in [6.45, 7) is 9.28. The summed E-state index contributed by atoms with van der Waals surface area (Å²) >= 11 is 0. The first-order valence-corrected chi connectivity index (χ1v) is 16.0. The lowest BCUT2D eigenvalue weighted by Gasteiger charge is -2.43. The van der Waals surface area contributed by atoms with E-state index in [0.717, 1.165) is 29.3 Å². The lowest BCUT2D eigenvalue weighted by Crippen LogP contribution is -2.49. The molecule has 4 unspecified atom stereocenters. The number of hydrogen-bond acceptors (Lipinski definition) is 3. The van der Waals surface area contributed by atoms with Gasteiger partial charge in [0.05, 0.1) is 0 Å². The summed E-state index contributed by atoms with van der Waals surface area (Å²) in [5.41, 5.74) is 9.47. The molecule has 3 heteroatoms. The lowest BCUT2D eigenvalue weighted by molar-refractivity contribution is 0.00212. The van der Waals surface area contributed by atoms with E-state index in [2.05, 4.69) is 148 Å². The van der Waals surface area contributed by atoms with Crippen LogP contribution in [0.4, 0.5) is 11.4 Å². The molecule has 0 spiro atoms. The Labute approximate surface area is 266 Å². The molecule has 4 aliphatic carbocycles. The quantitative estimate of drug-likeness (QED) is 0.284. The van der Waals surface area contributed by atoms with Crippen LogP contribution in [0.1, 0.15) is 34.1 Å². The van der Waals surface area contributed by atoms with E-state index in [-0.39, 0.29) is 17.4 Å². The molecule has 1 heterocycles. The van der Waals surface area contributed by atoms with Crippen LogP contribution in [-0.4, -0.2) is 11.7 Å². The Balaban J connectivity index is 1.27. The van der Waals surface area contributed by atoms with E-state index in [0.29, 0.717) is 5.92 Å². The van der Waals surface area contributed by atoms with Gasteiger partial charge in [0.1, 0.15) is 0 Å². The van der Waals surface area contributed by atoms with Gasteiger partial charge >= 0.3 is 0 Å². The molecule has 222 valence electrons. The van der Waals surface area contributed by atoms with Crippen LogP contribution in [-0.2, 0) is 0 Å². The van der Waals surface area contributed by atoms with E-state index < -0.39 is 5.60 Å². The van der Waals surface area contributed by atoms with Crippen LogP contribution in [0.2, 0.25) is 0 Å². The first kappa shape index (κ1) is 27.6. The van der Waals surface area contributed by atoms with E-state index in [1.165, 1.54) is 33.5 Å². The molecule has 0 N–H and O–H groups in total. The lowest BCUT2D eigenvalue weighted by atomic mass is 9.67. The van der Waals surface area contributed by atoms with Crippen molar-refractivity contribution in [3.63, 3.8) is 0 Å². The molecule has 0 saturated heterocycles. The normalized spacial score (nSPS) is 26.4. The van der Waals surface area contributed by atoms with Gasteiger partial charge in [-0.05, 0) is 94.8 Å². The van der Waals surface area contributed by atoms with Crippen molar-refractivity contribution in [2.24, 2.45) is 17.3 Å². The zero-order valence-electron chi connectivity index (χ0n) is 26.2. The van der Waals surface area contributed by atoms with Crippen LogP contribution < -0.4 is 14.4 Å². The molecule has 0 amide bonds. The highest BCUT2D eigenvalue weighted by molar-refractivity contribution is 5.77. The molecule has 0 saturated carbocycles. The molecule has 8 rings (SSSR count). The number of anilines is 2. The predicted molar refractivity (Wildman–Crippen MR) is 183 cm³/mol. The number of fused-ring (bicyclic) bond motifs is 4. The van der Waals surface area contributed by atoms with E-state index >= 15 is 0 Å². The molecule has 3 nitrogen and oxygen atoms in total. The molecule has 0 radical (unpaired) electrons. The Kier molecular flexibility index (Phi) is 6.33. The van der Waals surface area contributed by atoms with Gasteiger partial charge in [-0.1, -0.05) is 93.3 Å². The van der Waals surface area contributed by atoms with Gasteiger partial charge in [-0.3, -0.25) is 0 Å². The Bertz CT molecular complexity index is 1960. The van der Waals surface area contributed by atoms with E-state index in [1.807, 2.05) is 18.2 Å². The van der Waals surface area contributed by atoms with Crippen LogP contribution in [0.15, 0.2) is 144 Å². The van der Waals surface area contributed by atoms with Gasteiger partial charge < -0.3 is 14.4 Å². The van der Waals surface area contributed by atoms with Gasteiger partial charge in [-0.25, -0.2) is 0 Å². The number of rotatable bonds is 4. The summed E-state index contributed by atoms with van der Waals surface area (Å²) in [6.07, 6.45) is 17.8. The van der Waals surface area contributed by atoms with Crippen molar-refractivity contribution in [3.8, 4) is 34.5 Å². The third-order valence-electron chi connectivity index (χ3n) is 10.2. The largest absolute Gasteiger partial charge is 0.478 e. The van der Waals surface area contributed by atoms with Gasteiger partial charge in [0.25, 0.3) is 0 Å². The maximum absolute atomic E-state index is 6.69. The third kappa shape index (κ3) is 4.43. The number of allylic oxidation sites excluding steroid dienone is 10. The molecule has 5 aliphatic rings. The third-order valence-corrected chi connectivity index (χ3v) is 10.2. The fourth-order valence-corrected chi connectivity index (χ4v) is 8.03. The fraction of sp³-hybridized carbons (Fsp3) is 0.238. The molecule has 45 heavy (non-hydrogen) atoms. The van der Waals surface area contributed by atoms with Crippen molar-refractivity contribution in [1.29, 1.82) is 0 Å². The van der Waals surface area contributed by atoms with Gasteiger partial charge in [-0.2, -0.15) is 0 Å². The van der Waals surface area contributed by atoms with E-state index in [9.17, 15) is 0 Å². The minimum atomic E-state index is -0.554. The fourth-order valence-electron chi connectivity index (χ4n) is 8.03. The van der Waals surface area contributed by atoms with Crippen LogP contribution >= 0.6 is 0 Å². The Morgan fingerprint density at radius 3 is 2.53 bits per heavy atom. The maximum Gasteiger partial charge on any atom is 0.165 e. The van der Waals surface area contributed by atoms with E-state index in [4.69, 9.17) is 9.47 Å². The van der Waals surface area contributed by atoms with Crippen molar-refractivity contribution in [3.05, 3.63) is 144 Å². The number of nitrogens with zero attached hydrogens (tertiary/aromatic N) is 1. The minimum Gasteiger partial charge on any atom is -0.478 e. The summed E-state index contributed by atoms with van der Waals surface area (Å²) < 4.78 is 13.1. The zero-order valence-corrected chi connectivity index (χ0v) is 26.2. The number of benzene rings is 3. The Morgan fingerprint density at radius 1 is 0.844 bits per heavy atom. The predicted octanol–water partition coefficient (Wildman–Crippen LogP) is 9.89. The van der Waals surface area contributed by atoms with Crippen LogP contribution in [0.25, 0.3) is 11.1 Å². The van der Waals surface area contributed by atoms with E-state index in [1.54, 1.807) is 0 Å². The van der Waals surface area contributed by atoms with Crippen molar-refractivity contribution in [2.75, 3.05) is 4.90 Å². The Morgan fingerprint density at radius 2 is 1.67 bits per heavy atom. The molecule has 1 aliphatic heterocycles. The number of ether oxygens (including phenoxy) is 2. The molecular weight excluding hydrogens is 550 g/mol. The maximum atomic E-state index is 6.69. The number of hydrogen-bond donors (Lipinski definition) is 0. The standard InChI is InChI=1S/C42H37NO2/c1-28-36(23-22-34-33-18-9-6-10-19-35(33)41(2,3)40(28)34)43(31-17-13-16-30(26-31)29-14-7-5-8-15-29)32-21-24-37-38(27-32)45-42(4)25-12-11-20-39(42)44-37/h5,7-8,10-17,19-28,39-40H,18H2,1-4H3. The van der Waals surface area contributed by atoms with Crippen molar-refractivity contribution in [2.45, 2.75) is 45.8 Å². The summed E-state index contributed by atoms with van der Waals surface area (Å²) in [4.78, 5) is 2.42. The molecule has 4 atom stereocenters. The van der Waals surface area contributed by atoms with Crippen molar-refractivity contribution >= 4 is 11.4 Å². The molecule has 0 bridgehead atoms. The second-order valence-corrected chi connectivity index (χ2v) is 13.4. The first-order valence-electron chi connectivity index (χ1n) is 16.0. The molecule has 0 fully saturated rings. The monoisotopic (exact) mass is 587 g/mol. The average molecular weight is 588 g/mol. The van der Waals surface area contributed by atoms with Gasteiger partial charge in [0.15, 0.2) is 23.2 Å². The second-order valence-electron chi connectivity index (χ2n) is 13.4. The summed E-state index contributed by atoms with van der Waals surface area (Å²) in [5, 5.41) is 0. The molecule has 0 aromatic heterocycles. The SMILES string of the molecule is CC1C(N(c2cccc(-c3ccccc3)c2)c2ccc3c(c2)OC2(C)C=CC=CC2O3)=CC=C2C3=C(C=CC#CC3)C(C)(C)C21. The first-order chi connectivity index (χ1) is 21.8. The second kappa shape index (κ2) is 10.3. The molecule has 3 aromatic rings. The van der Waals surface area contributed by atoms with Crippen molar-refractivity contribution < 1.29 is 9.47 Å². The topological polar surface area (TPSA) is 21.7 Å². The van der Waals surface area contributed by atoms with Gasteiger partial charge in [0.2, 0.25) is 0 Å². The van der Waals surface area contributed by atoms with Gasteiger partial charge in [0, 0.05) is 41.4 Å². The van der Waals surface area contributed by atoms with Gasteiger partial charge in [-0.15, -0.1) is 0 Å². The summed E-state index contributed by atoms with van der Waals surface area (Å²) in [6, 6.07) is 25.8. The molecule has 3 aromatic carbocycles. The highest BCUT2D eigenvalue weighted by Crippen LogP contribution is 2.58. The van der Waals surface area contributed by atoms with Crippen molar-refractivity contribution in [1.82, 2.24) is 0 Å². The minimum absolute atomic E-state index is 0.0287.